The summed E-state index contributed by atoms with van der Waals surface area (Å²) in [7, 11) is 0. The van der Waals surface area contributed by atoms with Crippen molar-refractivity contribution < 1.29 is 4.92 Å². The smallest absolute Gasteiger partial charge is 0.258 e. The molecule has 0 bridgehead atoms. The largest absolute Gasteiger partial charge is 0.270 e. The summed E-state index contributed by atoms with van der Waals surface area (Å²) in [6, 6.07) is 4.83. The zero-order valence-corrected chi connectivity index (χ0v) is 10.3. The van der Waals surface area contributed by atoms with Gasteiger partial charge in [-0.1, -0.05) is 13.8 Å². The molecule has 0 saturated carbocycles. The molecule has 0 aliphatic rings. The number of hydrogen-bond donors (Lipinski definition) is 0. The van der Waals surface area contributed by atoms with Gasteiger partial charge in [0.25, 0.3) is 5.69 Å². The van der Waals surface area contributed by atoms with Gasteiger partial charge in [-0.15, -0.1) is 11.8 Å². The van der Waals surface area contributed by atoms with E-state index in [4.69, 9.17) is 0 Å². The third-order valence-electron chi connectivity index (χ3n) is 1.49. The molecule has 5 heteroatoms. The number of nitro benzene ring substituents is 1. The van der Waals surface area contributed by atoms with Crippen molar-refractivity contribution in [2.75, 3.05) is 0 Å². The molecule has 14 heavy (non-hydrogen) atoms. The molecule has 0 heterocycles. The predicted molar refractivity (Wildman–Crippen MR) is 61.8 cm³/mol. The van der Waals surface area contributed by atoms with E-state index in [2.05, 4.69) is 29.8 Å². The third-order valence-corrected chi connectivity index (χ3v) is 3.49. The Labute approximate surface area is 95.2 Å². The highest BCUT2D eigenvalue weighted by Crippen LogP contribution is 2.32. The van der Waals surface area contributed by atoms with Crippen molar-refractivity contribution in [2.24, 2.45) is 0 Å². The average Bonchev–Trinajstić information content (AvgIpc) is 2.07. The van der Waals surface area contributed by atoms with Gasteiger partial charge in [0.2, 0.25) is 0 Å². The van der Waals surface area contributed by atoms with E-state index in [0.717, 1.165) is 9.37 Å². The van der Waals surface area contributed by atoms with E-state index in [-0.39, 0.29) is 5.69 Å². The Kier molecular flexibility index (Phi) is 3.95. The first-order chi connectivity index (χ1) is 6.50. The minimum atomic E-state index is -0.394. The van der Waals surface area contributed by atoms with Gasteiger partial charge in [-0.3, -0.25) is 10.1 Å². The SMILES string of the molecule is CC(C)Sc1ccc([N+](=O)[O-])cc1Br. The Balaban J connectivity index is 2.95. The third kappa shape index (κ3) is 2.99. The number of benzene rings is 1. The zero-order chi connectivity index (χ0) is 10.7. The molecule has 1 aromatic rings. The van der Waals surface area contributed by atoms with Crippen LogP contribution in [0, 0.1) is 10.1 Å². The van der Waals surface area contributed by atoms with E-state index >= 15 is 0 Å². The zero-order valence-electron chi connectivity index (χ0n) is 7.86. The molecule has 0 saturated heterocycles. The van der Waals surface area contributed by atoms with Gasteiger partial charge in [-0.2, -0.15) is 0 Å². The monoisotopic (exact) mass is 275 g/mol. The molecular formula is C9H10BrNO2S. The van der Waals surface area contributed by atoms with Crippen LogP contribution in [-0.2, 0) is 0 Å². The summed E-state index contributed by atoms with van der Waals surface area (Å²) in [5.41, 5.74) is 0.116. The molecule has 1 aromatic carbocycles. The maximum atomic E-state index is 10.5. The second-order valence-corrected chi connectivity index (χ2v) is 5.51. The molecule has 0 aromatic heterocycles. The van der Waals surface area contributed by atoms with E-state index in [0.29, 0.717) is 5.25 Å². The van der Waals surface area contributed by atoms with Crippen LogP contribution in [0.5, 0.6) is 0 Å². The number of rotatable bonds is 3. The Morgan fingerprint density at radius 2 is 2.14 bits per heavy atom. The fourth-order valence-electron chi connectivity index (χ4n) is 0.953. The molecule has 3 nitrogen and oxygen atoms in total. The lowest BCUT2D eigenvalue weighted by Gasteiger charge is -2.06. The molecule has 0 spiro atoms. The summed E-state index contributed by atoms with van der Waals surface area (Å²) in [5.74, 6) is 0. The fourth-order valence-corrected chi connectivity index (χ4v) is 2.43. The molecule has 0 aliphatic carbocycles. The lowest BCUT2D eigenvalue weighted by molar-refractivity contribution is -0.385. The molecule has 76 valence electrons. The summed E-state index contributed by atoms with van der Waals surface area (Å²) in [6.07, 6.45) is 0. The van der Waals surface area contributed by atoms with Gasteiger partial charge in [0, 0.05) is 26.8 Å². The van der Waals surface area contributed by atoms with Gasteiger partial charge >= 0.3 is 0 Å². The fraction of sp³-hybridized carbons (Fsp3) is 0.333. The van der Waals surface area contributed by atoms with Gasteiger partial charge in [-0.25, -0.2) is 0 Å². The molecule has 0 radical (unpaired) electrons. The van der Waals surface area contributed by atoms with E-state index in [1.54, 1.807) is 17.8 Å². The van der Waals surface area contributed by atoms with Crippen molar-refractivity contribution in [1.29, 1.82) is 0 Å². The summed E-state index contributed by atoms with van der Waals surface area (Å²) >= 11 is 4.99. The van der Waals surface area contributed by atoms with Crippen molar-refractivity contribution in [3.8, 4) is 0 Å². The van der Waals surface area contributed by atoms with Gasteiger partial charge in [-0.05, 0) is 22.0 Å². The quantitative estimate of drug-likeness (QED) is 0.478. The Morgan fingerprint density at radius 3 is 2.57 bits per heavy atom. The first-order valence-electron chi connectivity index (χ1n) is 4.11. The van der Waals surface area contributed by atoms with Crippen molar-refractivity contribution in [3.05, 3.63) is 32.8 Å². The van der Waals surface area contributed by atoms with Crippen LogP contribution < -0.4 is 0 Å². The summed E-state index contributed by atoms with van der Waals surface area (Å²) in [5, 5.41) is 10.9. The number of hydrogen-bond acceptors (Lipinski definition) is 3. The second kappa shape index (κ2) is 4.79. The van der Waals surface area contributed by atoms with Crippen LogP contribution in [0.15, 0.2) is 27.6 Å². The second-order valence-electron chi connectivity index (χ2n) is 3.04. The Bertz CT molecular complexity index is 355. The van der Waals surface area contributed by atoms with Crippen LogP contribution >= 0.6 is 27.7 Å². The topological polar surface area (TPSA) is 43.1 Å². The number of thioether (sulfide) groups is 1. The lowest BCUT2D eigenvalue weighted by atomic mass is 10.3. The van der Waals surface area contributed by atoms with Crippen LogP contribution in [0.2, 0.25) is 0 Å². The molecular weight excluding hydrogens is 266 g/mol. The van der Waals surface area contributed by atoms with Crippen molar-refractivity contribution in [3.63, 3.8) is 0 Å². The molecule has 0 N–H and O–H groups in total. The normalized spacial score (nSPS) is 10.6. The minimum Gasteiger partial charge on any atom is -0.258 e. The molecule has 0 unspecified atom stereocenters. The number of halogens is 1. The average molecular weight is 276 g/mol. The van der Waals surface area contributed by atoms with Gasteiger partial charge < -0.3 is 0 Å². The highest BCUT2D eigenvalue weighted by Gasteiger charge is 2.09. The predicted octanol–water partition coefficient (Wildman–Crippen LogP) is 3.86. The van der Waals surface area contributed by atoms with Crippen LogP contribution in [0.1, 0.15) is 13.8 Å². The molecule has 0 atom stereocenters. The number of non-ortho nitro benzene ring substituents is 1. The van der Waals surface area contributed by atoms with E-state index < -0.39 is 4.92 Å². The van der Waals surface area contributed by atoms with Gasteiger partial charge in [0.05, 0.1) is 4.92 Å². The molecule has 0 amide bonds. The van der Waals surface area contributed by atoms with Crippen LogP contribution in [-0.4, -0.2) is 10.2 Å². The van der Waals surface area contributed by atoms with E-state index in [1.165, 1.54) is 12.1 Å². The summed E-state index contributed by atoms with van der Waals surface area (Å²) in [6.45, 7) is 4.16. The van der Waals surface area contributed by atoms with Gasteiger partial charge in [0.1, 0.15) is 0 Å². The lowest BCUT2D eigenvalue weighted by Crippen LogP contribution is -1.90. The highest BCUT2D eigenvalue weighted by molar-refractivity contribution is 9.10. The Hall–Kier alpha value is -0.550. The van der Waals surface area contributed by atoms with Crippen molar-refractivity contribution >= 4 is 33.4 Å². The first kappa shape index (κ1) is 11.5. The van der Waals surface area contributed by atoms with Crippen molar-refractivity contribution in [1.82, 2.24) is 0 Å². The standard InChI is InChI=1S/C9H10BrNO2S/c1-6(2)14-9-4-3-7(11(12)13)5-8(9)10/h3-6H,1-2H3. The van der Waals surface area contributed by atoms with Gasteiger partial charge in [0.15, 0.2) is 0 Å². The molecule has 0 fully saturated rings. The number of nitrogens with zero attached hydrogens (tertiary/aromatic N) is 1. The summed E-state index contributed by atoms with van der Waals surface area (Å²) < 4.78 is 0.783. The minimum absolute atomic E-state index is 0.116. The molecule has 0 aliphatic heterocycles. The van der Waals surface area contributed by atoms with Crippen LogP contribution in [0.3, 0.4) is 0 Å². The van der Waals surface area contributed by atoms with Crippen LogP contribution in [0.4, 0.5) is 5.69 Å². The molecule has 1 rings (SSSR count). The Morgan fingerprint density at radius 1 is 1.50 bits per heavy atom. The maximum absolute atomic E-state index is 10.5. The maximum Gasteiger partial charge on any atom is 0.270 e. The van der Waals surface area contributed by atoms with Crippen molar-refractivity contribution in [2.45, 2.75) is 24.0 Å². The highest BCUT2D eigenvalue weighted by atomic mass is 79.9. The van der Waals surface area contributed by atoms with E-state index in [9.17, 15) is 10.1 Å². The van der Waals surface area contributed by atoms with Crippen LogP contribution in [0.25, 0.3) is 0 Å². The number of nitro groups is 1. The van der Waals surface area contributed by atoms with E-state index in [1.807, 2.05) is 0 Å². The first-order valence-corrected chi connectivity index (χ1v) is 5.78. The summed E-state index contributed by atoms with van der Waals surface area (Å²) in [4.78, 5) is 11.1.